The van der Waals surface area contributed by atoms with Gasteiger partial charge in [0.2, 0.25) is 5.91 Å². The molecule has 0 radical (unpaired) electrons. The zero-order chi connectivity index (χ0) is 17.5. The summed E-state index contributed by atoms with van der Waals surface area (Å²) in [4.78, 5) is 11.4. The lowest BCUT2D eigenvalue weighted by Gasteiger charge is -2.16. The van der Waals surface area contributed by atoms with Gasteiger partial charge in [0.1, 0.15) is 6.07 Å². The fourth-order valence-electron chi connectivity index (χ4n) is 2.52. The van der Waals surface area contributed by atoms with Crippen molar-refractivity contribution in [2.24, 2.45) is 0 Å². The second-order valence-corrected chi connectivity index (χ2v) is 5.46. The van der Waals surface area contributed by atoms with Gasteiger partial charge in [-0.2, -0.15) is 5.26 Å². The van der Waals surface area contributed by atoms with Gasteiger partial charge in [-0.1, -0.05) is 17.7 Å². The average molecular weight is 353 g/mol. The van der Waals surface area contributed by atoms with Crippen LogP contribution in [-0.4, -0.2) is 12.3 Å². The number of nitriles is 1. The second kappa shape index (κ2) is 5.73. The van der Waals surface area contributed by atoms with Crippen LogP contribution in [-0.2, 0) is 11.2 Å². The highest BCUT2D eigenvalue weighted by Gasteiger charge is 2.34. The van der Waals surface area contributed by atoms with Crippen LogP contribution in [0, 0.1) is 11.3 Å². The van der Waals surface area contributed by atoms with Gasteiger partial charge < -0.3 is 10.1 Å². The summed E-state index contributed by atoms with van der Waals surface area (Å²) in [5, 5.41) is 11.7. The number of hydrogen-bond acceptors (Lipinski definition) is 3. The zero-order valence-corrected chi connectivity index (χ0v) is 12.6. The molecule has 1 N–H and O–H groups in total. The summed E-state index contributed by atoms with van der Waals surface area (Å²) in [6, 6.07) is 8.79. The highest BCUT2D eigenvalue weighted by molar-refractivity contribution is 6.33. The number of benzene rings is 2. The molecule has 2 aromatic rings. The molecule has 0 aliphatic carbocycles. The van der Waals surface area contributed by atoms with Gasteiger partial charge in [0, 0.05) is 11.3 Å². The topological polar surface area (TPSA) is 62.1 Å². The molecule has 1 aliphatic rings. The van der Waals surface area contributed by atoms with E-state index in [9.17, 15) is 18.0 Å². The van der Waals surface area contributed by atoms with E-state index < -0.39 is 12.1 Å². The minimum atomic E-state index is -4.97. The van der Waals surface area contributed by atoms with E-state index in [0.29, 0.717) is 16.8 Å². The molecule has 0 atom stereocenters. The van der Waals surface area contributed by atoms with E-state index in [2.05, 4.69) is 10.1 Å². The van der Waals surface area contributed by atoms with Crippen LogP contribution in [0.2, 0.25) is 5.02 Å². The van der Waals surface area contributed by atoms with Gasteiger partial charge >= 0.3 is 6.36 Å². The van der Waals surface area contributed by atoms with Crippen LogP contribution < -0.4 is 10.1 Å². The predicted molar refractivity (Wildman–Crippen MR) is 80.6 cm³/mol. The first kappa shape index (κ1) is 16.1. The quantitative estimate of drug-likeness (QED) is 0.877. The molecule has 24 heavy (non-hydrogen) atoms. The molecule has 0 aromatic heterocycles. The molecule has 0 saturated heterocycles. The summed E-state index contributed by atoms with van der Waals surface area (Å²) in [6.07, 6.45) is -4.85. The summed E-state index contributed by atoms with van der Waals surface area (Å²) in [5.41, 5.74) is 1.21. The minimum Gasteiger partial charge on any atom is -0.404 e. The van der Waals surface area contributed by atoms with E-state index in [1.165, 1.54) is 12.1 Å². The molecule has 4 nitrogen and oxygen atoms in total. The van der Waals surface area contributed by atoms with Crippen molar-refractivity contribution >= 4 is 23.2 Å². The molecule has 0 bridgehead atoms. The molecule has 0 fully saturated rings. The Hall–Kier alpha value is -2.72. The van der Waals surface area contributed by atoms with Crippen LogP contribution in [0.25, 0.3) is 11.1 Å². The summed E-state index contributed by atoms with van der Waals surface area (Å²) in [6.45, 7) is 0. The smallest absolute Gasteiger partial charge is 0.404 e. The molecule has 2 aromatic carbocycles. The molecular formula is C16H8ClF3N2O2. The number of halogens is 4. The Kier molecular flexibility index (Phi) is 3.85. The maximum atomic E-state index is 12.7. The molecule has 0 unspecified atom stereocenters. The maximum absolute atomic E-state index is 12.7. The number of fused-ring (bicyclic) bond motifs is 1. The van der Waals surface area contributed by atoms with Gasteiger partial charge in [-0.3, -0.25) is 4.79 Å². The van der Waals surface area contributed by atoms with Gasteiger partial charge in [0.25, 0.3) is 0 Å². The van der Waals surface area contributed by atoms with Crippen molar-refractivity contribution in [1.29, 1.82) is 5.26 Å². The zero-order valence-electron chi connectivity index (χ0n) is 11.9. The fourth-order valence-corrected chi connectivity index (χ4v) is 2.78. The van der Waals surface area contributed by atoms with Crippen molar-refractivity contribution in [3.8, 4) is 22.9 Å². The number of nitrogens with one attached hydrogen (secondary N) is 1. The second-order valence-electron chi connectivity index (χ2n) is 5.06. The third-order valence-corrected chi connectivity index (χ3v) is 3.78. The number of hydrogen-bond donors (Lipinski definition) is 1. The van der Waals surface area contributed by atoms with Crippen molar-refractivity contribution in [2.45, 2.75) is 12.8 Å². The van der Waals surface area contributed by atoms with Gasteiger partial charge in [-0.25, -0.2) is 0 Å². The standard InChI is InChI=1S/C16H8ClF3N2O2/c17-11-3-1-9(7-21)15(24-16(18,19)20)14(11)8-2-4-12-10(5-8)6-13(23)22-12/h1-5H,6H2,(H,22,23). The molecule has 0 saturated carbocycles. The average Bonchev–Trinajstić information content (AvgIpc) is 2.85. The Morgan fingerprint density at radius 1 is 1.25 bits per heavy atom. The lowest BCUT2D eigenvalue weighted by molar-refractivity contribution is -0.274. The Morgan fingerprint density at radius 3 is 2.67 bits per heavy atom. The summed E-state index contributed by atoms with van der Waals surface area (Å²) < 4.78 is 42.2. The Bertz CT molecular complexity index is 888. The van der Waals surface area contributed by atoms with E-state index in [0.717, 1.165) is 6.07 Å². The van der Waals surface area contributed by atoms with Crippen molar-refractivity contribution in [1.82, 2.24) is 0 Å². The van der Waals surface area contributed by atoms with Crippen molar-refractivity contribution in [3.05, 3.63) is 46.5 Å². The lowest BCUT2D eigenvalue weighted by Crippen LogP contribution is -2.18. The highest BCUT2D eigenvalue weighted by Crippen LogP contribution is 2.42. The van der Waals surface area contributed by atoms with Gasteiger partial charge in [0.15, 0.2) is 5.75 Å². The number of carbonyl (C=O) groups excluding carboxylic acids is 1. The summed E-state index contributed by atoms with van der Waals surface area (Å²) >= 11 is 6.06. The third kappa shape index (κ3) is 3.01. The van der Waals surface area contributed by atoms with E-state index in [1.54, 1.807) is 18.2 Å². The number of anilines is 1. The van der Waals surface area contributed by atoms with Crippen molar-refractivity contribution in [3.63, 3.8) is 0 Å². The largest absolute Gasteiger partial charge is 0.573 e. The van der Waals surface area contributed by atoms with E-state index in [4.69, 9.17) is 16.9 Å². The van der Waals surface area contributed by atoms with E-state index in [1.807, 2.05) is 0 Å². The van der Waals surface area contributed by atoms with Gasteiger partial charge in [0.05, 0.1) is 17.0 Å². The number of rotatable bonds is 2. The molecule has 1 aliphatic heterocycles. The number of amides is 1. The van der Waals surface area contributed by atoms with Crippen molar-refractivity contribution in [2.75, 3.05) is 5.32 Å². The van der Waals surface area contributed by atoms with E-state index >= 15 is 0 Å². The monoisotopic (exact) mass is 352 g/mol. The predicted octanol–water partition coefficient (Wildman–Crippen LogP) is 4.27. The maximum Gasteiger partial charge on any atom is 0.573 e. The molecule has 0 spiro atoms. The van der Waals surface area contributed by atoms with Gasteiger partial charge in [-0.15, -0.1) is 13.2 Å². The molecule has 3 rings (SSSR count). The molecule has 1 amide bonds. The third-order valence-electron chi connectivity index (χ3n) is 3.46. The summed E-state index contributed by atoms with van der Waals surface area (Å²) in [5.74, 6) is -0.861. The molecule has 122 valence electrons. The number of nitrogens with zero attached hydrogens (tertiary/aromatic N) is 1. The SMILES string of the molecule is N#Cc1ccc(Cl)c(-c2ccc3c(c2)CC(=O)N3)c1OC(F)(F)F. The Labute approximate surface area is 139 Å². The lowest BCUT2D eigenvalue weighted by atomic mass is 9.98. The van der Waals surface area contributed by atoms with Crippen LogP contribution in [0.3, 0.4) is 0 Å². The number of alkyl halides is 3. The van der Waals surface area contributed by atoms with Crippen LogP contribution in [0.4, 0.5) is 18.9 Å². The summed E-state index contributed by atoms with van der Waals surface area (Å²) in [7, 11) is 0. The molecular weight excluding hydrogens is 345 g/mol. The molecule has 1 heterocycles. The number of carbonyl (C=O) groups is 1. The van der Waals surface area contributed by atoms with Crippen LogP contribution in [0.1, 0.15) is 11.1 Å². The van der Waals surface area contributed by atoms with Crippen molar-refractivity contribution < 1.29 is 22.7 Å². The Morgan fingerprint density at radius 2 is 2.00 bits per heavy atom. The van der Waals surface area contributed by atoms with Crippen LogP contribution in [0.5, 0.6) is 5.75 Å². The van der Waals surface area contributed by atoms with E-state index in [-0.39, 0.29) is 28.5 Å². The first-order chi connectivity index (χ1) is 11.3. The normalized spacial score (nSPS) is 13.2. The van der Waals surface area contributed by atoms with Gasteiger partial charge in [-0.05, 0) is 35.4 Å². The fraction of sp³-hybridized carbons (Fsp3) is 0.125. The van der Waals surface area contributed by atoms with Crippen LogP contribution in [0.15, 0.2) is 30.3 Å². The highest BCUT2D eigenvalue weighted by atomic mass is 35.5. The minimum absolute atomic E-state index is 0.00508. The first-order valence-corrected chi connectivity index (χ1v) is 7.08. The first-order valence-electron chi connectivity index (χ1n) is 6.70. The Balaban J connectivity index is 2.19. The van der Waals surface area contributed by atoms with Crippen LogP contribution >= 0.6 is 11.6 Å². The number of ether oxygens (including phenoxy) is 1. The molecule has 8 heteroatoms.